The summed E-state index contributed by atoms with van der Waals surface area (Å²) in [4.78, 5) is 13.9. The Hall–Kier alpha value is -2.88. The first-order chi connectivity index (χ1) is 18.2. The summed E-state index contributed by atoms with van der Waals surface area (Å²) in [7, 11) is 1.00. The van der Waals surface area contributed by atoms with Gasteiger partial charge in [0.2, 0.25) is 0 Å². The van der Waals surface area contributed by atoms with Gasteiger partial charge in [-0.3, -0.25) is 4.79 Å². The van der Waals surface area contributed by atoms with Gasteiger partial charge in [0.25, 0.3) is 5.91 Å². The lowest BCUT2D eigenvalue weighted by molar-refractivity contribution is -0.205. The van der Waals surface area contributed by atoms with Gasteiger partial charge in [0.05, 0.1) is 24.1 Å². The van der Waals surface area contributed by atoms with Crippen molar-refractivity contribution in [3.8, 4) is 11.3 Å². The Morgan fingerprint density at radius 2 is 1.77 bits per heavy atom. The average molecular weight is 597 g/mol. The Bertz CT molecular complexity index is 1370. The molecule has 2 aromatic carbocycles. The number of aliphatic hydroxyl groups is 3. The van der Waals surface area contributed by atoms with Crippen LogP contribution in [-0.2, 0) is 15.7 Å². The quantitative estimate of drug-likeness (QED) is 0.305. The number of likely N-dealkylation sites (N-methyl/N-ethyl adjacent to an activating group) is 1. The Morgan fingerprint density at radius 3 is 2.36 bits per heavy atom. The third-order valence-corrected chi connectivity index (χ3v) is 6.78. The predicted octanol–water partition coefficient (Wildman–Crippen LogP) is 3.23. The number of hydrogen-bond donors (Lipinski definition) is 3. The van der Waals surface area contributed by atoms with Gasteiger partial charge in [-0.2, -0.15) is 13.2 Å². The second-order valence-corrected chi connectivity index (χ2v) is 9.46. The molecule has 16 heteroatoms. The van der Waals surface area contributed by atoms with Crippen LogP contribution in [0.2, 0.25) is 10.0 Å². The first-order valence-electron chi connectivity index (χ1n) is 11.1. The van der Waals surface area contributed by atoms with Gasteiger partial charge < -0.3 is 25.0 Å². The molecule has 0 spiro atoms. The van der Waals surface area contributed by atoms with E-state index < -0.39 is 77.1 Å². The summed E-state index contributed by atoms with van der Waals surface area (Å²) >= 11 is 11.3. The number of aliphatic hydroxyl groups excluding tert-OH is 3. The molecule has 1 aliphatic heterocycles. The predicted molar refractivity (Wildman–Crippen MR) is 127 cm³/mol. The molecule has 1 aromatic heterocycles. The third kappa shape index (κ3) is 5.58. The molecule has 3 aromatic rings. The first kappa shape index (κ1) is 29.1. The van der Waals surface area contributed by atoms with Gasteiger partial charge in [0.1, 0.15) is 46.7 Å². The lowest BCUT2D eigenvalue weighted by Crippen LogP contribution is -2.60. The SMILES string of the molecule is CN(C(=O)[C@@H]1O[C@H](CO)[C@H](O)[C@H](n2cc(-c3cc(F)c(Cl)c(F)c3)nn2)[C@H]1O)c1cc(Cl)ccc1C(F)(F)F. The Balaban J connectivity index is 1.69. The molecule has 1 fully saturated rings. The number of carbonyl (C=O) groups is 1. The van der Waals surface area contributed by atoms with E-state index in [9.17, 15) is 42.1 Å². The molecular weight excluding hydrogens is 578 g/mol. The van der Waals surface area contributed by atoms with Crippen LogP contribution in [0.25, 0.3) is 11.3 Å². The summed E-state index contributed by atoms with van der Waals surface area (Å²) in [6, 6.07) is 2.80. The maximum absolute atomic E-state index is 13.9. The van der Waals surface area contributed by atoms with E-state index in [1.807, 2.05) is 0 Å². The molecule has 210 valence electrons. The zero-order valence-electron chi connectivity index (χ0n) is 19.7. The molecule has 5 atom stereocenters. The van der Waals surface area contributed by atoms with Gasteiger partial charge in [0, 0.05) is 17.6 Å². The molecule has 39 heavy (non-hydrogen) atoms. The van der Waals surface area contributed by atoms with E-state index in [2.05, 4.69) is 10.3 Å². The van der Waals surface area contributed by atoms with Crippen molar-refractivity contribution >= 4 is 34.8 Å². The summed E-state index contributed by atoms with van der Waals surface area (Å²) in [6.07, 6.45) is -10.8. The molecule has 0 radical (unpaired) electrons. The monoisotopic (exact) mass is 596 g/mol. The highest BCUT2D eigenvalue weighted by atomic mass is 35.5. The lowest BCUT2D eigenvalue weighted by Gasteiger charge is -2.42. The number of aromatic nitrogens is 3. The van der Waals surface area contributed by atoms with E-state index in [-0.39, 0.29) is 16.3 Å². The molecule has 1 aliphatic rings. The van der Waals surface area contributed by atoms with Crippen LogP contribution < -0.4 is 4.90 Å². The minimum atomic E-state index is -4.86. The second-order valence-electron chi connectivity index (χ2n) is 8.64. The zero-order chi connectivity index (χ0) is 28.8. The van der Waals surface area contributed by atoms with Crippen LogP contribution in [0.3, 0.4) is 0 Å². The number of nitrogens with zero attached hydrogens (tertiary/aromatic N) is 4. The largest absolute Gasteiger partial charge is 0.418 e. The number of alkyl halides is 3. The van der Waals surface area contributed by atoms with Crippen LogP contribution in [0.5, 0.6) is 0 Å². The molecule has 0 saturated carbocycles. The van der Waals surface area contributed by atoms with Gasteiger partial charge in [-0.25, -0.2) is 13.5 Å². The smallest absolute Gasteiger partial charge is 0.394 e. The highest BCUT2D eigenvalue weighted by Gasteiger charge is 2.50. The normalized spacial score (nSPS) is 23.6. The van der Waals surface area contributed by atoms with Crippen LogP contribution in [0, 0.1) is 11.6 Å². The van der Waals surface area contributed by atoms with Crippen molar-refractivity contribution in [2.24, 2.45) is 0 Å². The number of carbonyl (C=O) groups excluding carboxylic acids is 1. The number of anilines is 1. The highest BCUT2D eigenvalue weighted by molar-refractivity contribution is 6.31. The average Bonchev–Trinajstić information content (AvgIpc) is 3.35. The van der Waals surface area contributed by atoms with Gasteiger partial charge in [-0.1, -0.05) is 28.4 Å². The maximum Gasteiger partial charge on any atom is 0.418 e. The van der Waals surface area contributed by atoms with E-state index >= 15 is 0 Å². The van der Waals surface area contributed by atoms with Crippen LogP contribution in [-0.4, -0.2) is 74.3 Å². The Labute approximate surface area is 226 Å². The van der Waals surface area contributed by atoms with E-state index in [0.29, 0.717) is 11.0 Å². The minimum absolute atomic E-state index is 0.0941. The van der Waals surface area contributed by atoms with Crippen LogP contribution in [0.4, 0.5) is 27.6 Å². The van der Waals surface area contributed by atoms with Crippen molar-refractivity contribution in [1.29, 1.82) is 0 Å². The Morgan fingerprint density at radius 1 is 1.13 bits per heavy atom. The van der Waals surface area contributed by atoms with Crippen LogP contribution >= 0.6 is 23.2 Å². The van der Waals surface area contributed by atoms with Crippen molar-refractivity contribution in [3.05, 3.63) is 63.8 Å². The van der Waals surface area contributed by atoms with Crippen molar-refractivity contribution in [3.63, 3.8) is 0 Å². The number of rotatable bonds is 5. The molecule has 0 unspecified atom stereocenters. The van der Waals surface area contributed by atoms with Crippen LogP contribution in [0.1, 0.15) is 11.6 Å². The minimum Gasteiger partial charge on any atom is -0.394 e. The number of amides is 1. The summed E-state index contributed by atoms with van der Waals surface area (Å²) in [6.45, 7) is -0.849. The summed E-state index contributed by atoms with van der Waals surface area (Å²) in [5.74, 6) is -3.32. The molecule has 0 aliphatic carbocycles. The summed E-state index contributed by atoms with van der Waals surface area (Å²) < 4.78 is 74.9. The fourth-order valence-electron chi connectivity index (χ4n) is 4.21. The number of benzene rings is 2. The first-order valence-corrected chi connectivity index (χ1v) is 11.8. The summed E-state index contributed by atoms with van der Waals surface area (Å²) in [5.41, 5.74) is -2.02. The van der Waals surface area contributed by atoms with E-state index in [1.54, 1.807) is 0 Å². The van der Waals surface area contributed by atoms with E-state index in [1.165, 1.54) is 0 Å². The lowest BCUT2D eigenvalue weighted by atomic mass is 9.91. The van der Waals surface area contributed by atoms with Crippen molar-refractivity contribution in [1.82, 2.24) is 15.0 Å². The molecule has 9 nitrogen and oxygen atoms in total. The highest BCUT2D eigenvalue weighted by Crippen LogP contribution is 2.39. The fourth-order valence-corrected chi connectivity index (χ4v) is 4.48. The molecule has 3 N–H and O–H groups in total. The molecule has 2 heterocycles. The van der Waals surface area contributed by atoms with Crippen molar-refractivity contribution in [2.75, 3.05) is 18.6 Å². The molecule has 0 bridgehead atoms. The number of halogens is 7. The van der Waals surface area contributed by atoms with Crippen molar-refractivity contribution in [2.45, 2.75) is 36.6 Å². The van der Waals surface area contributed by atoms with Gasteiger partial charge in [0.15, 0.2) is 6.10 Å². The molecule has 4 rings (SSSR count). The van der Waals surface area contributed by atoms with Crippen LogP contribution in [0.15, 0.2) is 36.5 Å². The van der Waals surface area contributed by atoms with Crippen molar-refractivity contribution < 1.29 is 46.8 Å². The number of ether oxygens (including phenoxy) is 1. The topological polar surface area (TPSA) is 121 Å². The van der Waals surface area contributed by atoms with Gasteiger partial charge in [-0.05, 0) is 30.3 Å². The van der Waals surface area contributed by atoms with E-state index in [0.717, 1.165) is 42.2 Å². The molecule has 1 saturated heterocycles. The maximum atomic E-state index is 13.9. The zero-order valence-corrected chi connectivity index (χ0v) is 21.2. The van der Waals surface area contributed by atoms with Gasteiger partial charge in [-0.15, -0.1) is 5.10 Å². The number of hydrogen-bond acceptors (Lipinski definition) is 7. The van der Waals surface area contributed by atoms with Gasteiger partial charge >= 0.3 is 6.18 Å². The molecular formula is C23H19Cl2F5N4O5. The fraction of sp³-hybridized carbons (Fsp3) is 0.348. The molecule has 1 amide bonds. The third-order valence-electron chi connectivity index (χ3n) is 6.19. The second kappa shape index (κ2) is 10.9. The standard InChI is InChI=1S/C23H19Cl2F5N4O5/c1-33(15-6-10(24)2-3-11(15)23(28,29)30)22(38)21-20(37)18(19(36)16(8-35)39-21)34-7-14(31-32-34)9-4-12(26)17(25)13(27)5-9/h2-7,16,18-21,35-37H,8H2,1H3/t16-,18+,19+,20-,21-/m1/s1. The Kier molecular flexibility index (Phi) is 8.17. The van der Waals surface area contributed by atoms with E-state index in [4.69, 9.17) is 27.9 Å². The summed E-state index contributed by atoms with van der Waals surface area (Å²) in [5, 5.41) is 38.2.